The highest BCUT2D eigenvalue weighted by atomic mass is 35.5. The van der Waals surface area contributed by atoms with Crippen LogP contribution in [0.1, 0.15) is 18.7 Å². The third-order valence-electron chi connectivity index (χ3n) is 2.56. The van der Waals surface area contributed by atoms with E-state index >= 15 is 0 Å². The lowest BCUT2D eigenvalue weighted by atomic mass is 10.3. The number of rotatable bonds is 3. The molecule has 1 fully saturated rings. The zero-order valence-electron chi connectivity index (χ0n) is 8.72. The van der Waals surface area contributed by atoms with E-state index in [1.807, 2.05) is 0 Å². The lowest BCUT2D eigenvalue weighted by Crippen LogP contribution is -2.26. The molecule has 7 heteroatoms. The Morgan fingerprint density at radius 2 is 2.31 bits per heavy atom. The molecule has 16 heavy (non-hydrogen) atoms. The normalized spacial score (nSPS) is 21.4. The number of halogens is 3. The van der Waals surface area contributed by atoms with E-state index in [4.69, 9.17) is 5.73 Å². The molecule has 2 heterocycles. The van der Waals surface area contributed by atoms with Crippen LogP contribution in [-0.2, 0) is 6.54 Å². The van der Waals surface area contributed by atoms with Crippen LogP contribution in [0.2, 0.25) is 0 Å². The van der Waals surface area contributed by atoms with Crippen LogP contribution in [0.4, 0.5) is 8.78 Å². The average Bonchev–Trinajstić information content (AvgIpc) is 2.76. The Labute approximate surface area is 98.8 Å². The van der Waals surface area contributed by atoms with Gasteiger partial charge in [-0.2, -0.15) is 13.9 Å². The number of aromatic nitrogens is 2. The summed E-state index contributed by atoms with van der Waals surface area (Å²) in [6, 6.07) is 1.83. The molecule has 0 amide bonds. The first-order valence-electron chi connectivity index (χ1n) is 4.95. The van der Waals surface area contributed by atoms with Crippen LogP contribution in [-0.4, -0.2) is 33.8 Å². The largest absolute Gasteiger partial charge is 0.333 e. The van der Waals surface area contributed by atoms with Gasteiger partial charge in [-0.25, -0.2) is 4.68 Å². The van der Waals surface area contributed by atoms with Crippen molar-refractivity contribution in [2.24, 2.45) is 5.73 Å². The lowest BCUT2D eigenvalue weighted by molar-refractivity contribution is 0.0558. The van der Waals surface area contributed by atoms with Crippen molar-refractivity contribution < 1.29 is 8.78 Å². The van der Waals surface area contributed by atoms with Crippen molar-refractivity contribution in [1.82, 2.24) is 14.7 Å². The highest BCUT2D eigenvalue weighted by Crippen LogP contribution is 2.13. The summed E-state index contributed by atoms with van der Waals surface area (Å²) in [4.78, 5) is 2.13. The van der Waals surface area contributed by atoms with Gasteiger partial charge in [-0.1, -0.05) is 0 Å². The van der Waals surface area contributed by atoms with Crippen LogP contribution in [0.25, 0.3) is 0 Å². The van der Waals surface area contributed by atoms with E-state index in [1.54, 1.807) is 6.07 Å². The Balaban J connectivity index is 0.00000128. The van der Waals surface area contributed by atoms with E-state index < -0.39 is 6.55 Å². The second-order valence-corrected chi connectivity index (χ2v) is 3.85. The van der Waals surface area contributed by atoms with Gasteiger partial charge < -0.3 is 5.73 Å². The SMILES string of the molecule is Cl.N[C@@H]1CCN(Cc2ccn(C(F)F)n2)C1. The van der Waals surface area contributed by atoms with Crippen molar-refractivity contribution in [3.05, 3.63) is 18.0 Å². The summed E-state index contributed by atoms with van der Waals surface area (Å²) >= 11 is 0. The van der Waals surface area contributed by atoms with Gasteiger partial charge in [-0.3, -0.25) is 4.90 Å². The zero-order valence-corrected chi connectivity index (χ0v) is 9.54. The highest BCUT2D eigenvalue weighted by molar-refractivity contribution is 5.85. The summed E-state index contributed by atoms with van der Waals surface area (Å²) in [5.41, 5.74) is 6.42. The lowest BCUT2D eigenvalue weighted by Gasteiger charge is -2.12. The smallest absolute Gasteiger partial charge is 0.326 e. The molecule has 1 aliphatic rings. The second-order valence-electron chi connectivity index (χ2n) is 3.85. The monoisotopic (exact) mass is 252 g/mol. The molecule has 92 valence electrons. The quantitative estimate of drug-likeness (QED) is 0.880. The first-order valence-corrected chi connectivity index (χ1v) is 4.95. The summed E-state index contributed by atoms with van der Waals surface area (Å²) < 4.78 is 25.1. The van der Waals surface area contributed by atoms with Gasteiger partial charge in [0.15, 0.2) is 0 Å². The van der Waals surface area contributed by atoms with Crippen molar-refractivity contribution in [1.29, 1.82) is 0 Å². The maximum Gasteiger partial charge on any atom is 0.333 e. The molecule has 1 atom stereocenters. The summed E-state index contributed by atoms with van der Waals surface area (Å²) in [5.74, 6) is 0. The number of nitrogens with zero attached hydrogens (tertiary/aromatic N) is 3. The maximum atomic E-state index is 12.2. The minimum Gasteiger partial charge on any atom is -0.326 e. The van der Waals surface area contributed by atoms with Crippen LogP contribution >= 0.6 is 12.4 Å². The molecule has 1 saturated heterocycles. The van der Waals surface area contributed by atoms with Gasteiger partial charge in [0.05, 0.1) is 5.69 Å². The highest BCUT2D eigenvalue weighted by Gasteiger charge is 2.20. The van der Waals surface area contributed by atoms with Gasteiger partial charge in [0.25, 0.3) is 0 Å². The number of nitrogens with two attached hydrogens (primary N) is 1. The van der Waals surface area contributed by atoms with E-state index in [0.29, 0.717) is 16.9 Å². The molecule has 0 saturated carbocycles. The van der Waals surface area contributed by atoms with Crippen LogP contribution in [0.5, 0.6) is 0 Å². The molecule has 0 aromatic carbocycles. The molecule has 0 spiro atoms. The van der Waals surface area contributed by atoms with E-state index in [-0.39, 0.29) is 18.4 Å². The molecule has 1 aromatic rings. The van der Waals surface area contributed by atoms with E-state index in [9.17, 15) is 8.78 Å². The Kier molecular flexibility index (Phi) is 4.64. The van der Waals surface area contributed by atoms with Crippen molar-refractivity contribution in [3.8, 4) is 0 Å². The third kappa shape index (κ3) is 3.13. The molecule has 2 N–H and O–H groups in total. The second kappa shape index (κ2) is 5.56. The molecule has 0 unspecified atom stereocenters. The van der Waals surface area contributed by atoms with Gasteiger partial charge in [-0.05, 0) is 12.5 Å². The Bertz CT molecular complexity index is 331. The fourth-order valence-electron chi connectivity index (χ4n) is 1.81. The molecule has 1 aliphatic heterocycles. The van der Waals surface area contributed by atoms with Crippen LogP contribution in [0.3, 0.4) is 0 Å². The number of hydrogen-bond donors (Lipinski definition) is 1. The third-order valence-corrected chi connectivity index (χ3v) is 2.56. The summed E-state index contributed by atoms with van der Waals surface area (Å²) in [7, 11) is 0. The van der Waals surface area contributed by atoms with E-state index in [2.05, 4.69) is 10.00 Å². The van der Waals surface area contributed by atoms with Crippen LogP contribution in [0, 0.1) is 0 Å². The predicted molar refractivity (Wildman–Crippen MR) is 58.6 cm³/mol. The zero-order chi connectivity index (χ0) is 10.8. The van der Waals surface area contributed by atoms with E-state index in [0.717, 1.165) is 19.5 Å². The summed E-state index contributed by atoms with van der Waals surface area (Å²) in [6.45, 7) is -0.211. The van der Waals surface area contributed by atoms with E-state index in [1.165, 1.54) is 6.20 Å². The predicted octanol–water partition coefficient (Wildman–Crippen LogP) is 1.23. The van der Waals surface area contributed by atoms with Crippen molar-refractivity contribution >= 4 is 12.4 Å². The van der Waals surface area contributed by atoms with Gasteiger partial charge in [-0.15, -0.1) is 12.4 Å². The van der Waals surface area contributed by atoms with Crippen molar-refractivity contribution in [2.45, 2.75) is 25.6 Å². The van der Waals surface area contributed by atoms with Crippen LogP contribution in [0.15, 0.2) is 12.3 Å². The van der Waals surface area contributed by atoms with Crippen molar-refractivity contribution in [3.63, 3.8) is 0 Å². The summed E-state index contributed by atoms with van der Waals surface area (Å²) in [5, 5.41) is 3.78. The first kappa shape index (κ1) is 13.3. The molecule has 1 aromatic heterocycles. The maximum absolute atomic E-state index is 12.2. The molecule has 0 bridgehead atoms. The minimum atomic E-state index is -2.56. The molecular weight excluding hydrogens is 238 g/mol. The van der Waals surface area contributed by atoms with Gasteiger partial charge in [0.2, 0.25) is 0 Å². The van der Waals surface area contributed by atoms with Gasteiger partial charge in [0.1, 0.15) is 0 Å². The van der Waals surface area contributed by atoms with Gasteiger partial charge in [0, 0.05) is 31.9 Å². The fourth-order valence-corrected chi connectivity index (χ4v) is 1.81. The van der Waals surface area contributed by atoms with Crippen molar-refractivity contribution in [2.75, 3.05) is 13.1 Å². The number of alkyl halides is 2. The van der Waals surface area contributed by atoms with Crippen LogP contribution < -0.4 is 5.73 Å². The fraction of sp³-hybridized carbons (Fsp3) is 0.667. The standard InChI is InChI=1S/C9H14F2N4.ClH/c10-9(11)15-4-2-8(13-15)6-14-3-1-7(12)5-14;/h2,4,7,9H,1,3,5-6,12H2;1H/t7-;/m1./s1. The Hall–Kier alpha value is -0.720. The minimum absolute atomic E-state index is 0. The number of likely N-dealkylation sites (tertiary alicyclic amines) is 1. The molecular formula is C9H15ClF2N4. The molecule has 2 rings (SSSR count). The summed E-state index contributed by atoms with van der Waals surface area (Å²) in [6.07, 6.45) is 2.27. The Morgan fingerprint density at radius 1 is 1.56 bits per heavy atom. The molecule has 4 nitrogen and oxygen atoms in total. The first-order chi connectivity index (χ1) is 7.15. The van der Waals surface area contributed by atoms with Gasteiger partial charge >= 0.3 is 6.55 Å². The Morgan fingerprint density at radius 3 is 2.81 bits per heavy atom. The molecule has 0 aliphatic carbocycles. The molecule has 0 radical (unpaired) electrons. The number of hydrogen-bond acceptors (Lipinski definition) is 3. The average molecular weight is 253 g/mol. The topological polar surface area (TPSA) is 47.1 Å².